The molecule has 2 rings (SSSR count). The Balaban J connectivity index is 2.74. The van der Waals surface area contributed by atoms with Gasteiger partial charge in [0.1, 0.15) is 0 Å². The Labute approximate surface area is 110 Å². The van der Waals surface area contributed by atoms with E-state index in [2.05, 4.69) is 4.98 Å². The molecule has 0 saturated heterocycles. The molecule has 0 aliphatic carbocycles. The van der Waals surface area contributed by atoms with E-state index in [1.165, 1.54) is 4.57 Å². The molecule has 0 radical (unpaired) electrons. The molecule has 0 N–H and O–H groups in total. The summed E-state index contributed by atoms with van der Waals surface area (Å²) in [6.45, 7) is 7.88. The molecule has 0 amide bonds. The van der Waals surface area contributed by atoms with E-state index < -0.39 is 12.0 Å². The fraction of sp³-hybridized carbons (Fsp3) is 0.500. The Morgan fingerprint density at radius 3 is 2.26 bits per heavy atom. The summed E-state index contributed by atoms with van der Waals surface area (Å²) >= 11 is 0. The summed E-state index contributed by atoms with van der Waals surface area (Å²) < 4.78 is 40.4. The fourth-order valence-electron chi connectivity index (χ4n) is 2.15. The van der Waals surface area contributed by atoms with Crippen molar-refractivity contribution in [2.75, 3.05) is 0 Å². The minimum atomic E-state index is -4.42. The molecule has 0 aliphatic heterocycles. The van der Waals surface area contributed by atoms with E-state index in [1.807, 2.05) is 27.7 Å². The van der Waals surface area contributed by atoms with Crippen molar-refractivity contribution in [3.8, 4) is 0 Å². The number of aryl methyl sites for hydroxylation is 2. The maximum Gasteiger partial charge on any atom is 0.449 e. The van der Waals surface area contributed by atoms with Gasteiger partial charge in [0, 0.05) is 6.54 Å². The molecule has 5 heteroatoms. The Hall–Kier alpha value is -1.52. The van der Waals surface area contributed by atoms with Crippen molar-refractivity contribution in [3.05, 3.63) is 29.1 Å². The summed E-state index contributed by atoms with van der Waals surface area (Å²) in [7, 11) is 0. The third-order valence-electron chi connectivity index (χ3n) is 3.16. The molecule has 0 aliphatic rings. The smallest absolute Gasteiger partial charge is 0.320 e. The van der Waals surface area contributed by atoms with Gasteiger partial charge in [-0.25, -0.2) is 4.98 Å². The largest absolute Gasteiger partial charge is 0.449 e. The van der Waals surface area contributed by atoms with E-state index in [0.29, 0.717) is 17.6 Å². The standard InChI is InChI=1S/C14H17F3N2/c1-8(2)7-19-12-6-10(4)9(3)5-11(12)18-13(19)14(15,16)17/h5-6,8H,7H2,1-4H3. The Morgan fingerprint density at radius 1 is 1.16 bits per heavy atom. The summed E-state index contributed by atoms with van der Waals surface area (Å²) in [5.41, 5.74) is 2.90. The van der Waals surface area contributed by atoms with E-state index >= 15 is 0 Å². The van der Waals surface area contributed by atoms with Gasteiger partial charge in [0.15, 0.2) is 0 Å². The van der Waals surface area contributed by atoms with Gasteiger partial charge in [-0.15, -0.1) is 0 Å². The highest BCUT2D eigenvalue weighted by Gasteiger charge is 2.37. The van der Waals surface area contributed by atoms with Gasteiger partial charge in [0.05, 0.1) is 11.0 Å². The molecule has 0 unspecified atom stereocenters. The molecule has 0 bridgehead atoms. The number of hydrogen-bond acceptors (Lipinski definition) is 1. The molecule has 2 aromatic rings. The van der Waals surface area contributed by atoms with Crippen LogP contribution in [0.4, 0.5) is 13.2 Å². The molecule has 0 saturated carbocycles. The average Bonchev–Trinajstić information content (AvgIpc) is 2.57. The summed E-state index contributed by atoms with van der Waals surface area (Å²) in [6.07, 6.45) is -4.42. The number of halogens is 3. The predicted octanol–water partition coefficient (Wildman–Crippen LogP) is 4.33. The highest BCUT2D eigenvalue weighted by Crippen LogP contribution is 2.32. The minimum absolute atomic E-state index is 0.125. The number of hydrogen-bond donors (Lipinski definition) is 0. The Morgan fingerprint density at radius 2 is 1.74 bits per heavy atom. The maximum atomic E-state index is 13.1. The zero-order chi connectivity index (χ0) is 14.4. The molecule has 0 spiro atoms. The van der Waals surface area contributed by atoms with Gasteiger partial charge < -0.3 is 4.57 Å². The van der Waals surface area contributed by atoms with Crippen LogP contribution < -0.4 is 0 Å². The van der Waals surface area contributed by atoms with Crippen LogP contribution >= 0.6 is 0 Å². The second-order valence-corrected chi connectivity index (χ2v) is 5.36. The topological polar surface area (TPSA) is 17.8 Å². The number of fused-ring (bicyclic) bond motifs is 1. The summed E-state index contributed by atoms with van der Waals surface area (Å²) in [6, 6.07) is 3.51. The molecule has 1 heterocycles. The highest BCUT2D eigenvalue weighted by molar-refractivity contribution is 5.78. The minimum Gasteiger partial charge on any atom is -0.320 e. The van der Waals surface area contributed by atoms with Gasteiger partial charge in [0.2, 0.25) is 5.82 Å². The Bertz CT molecular complexity index is 609. The van der Waals surface area contributed by atoms with Crippen LogP contribution in [0.2, 0.25) is 0 Å². The quantitative estimate of drug-likeness (QED) is 0.794. The SMILES string of the molecule is Cc1cc2nc(C(F)(F)F)n(CC(C)C)c2cc1C. The van der Waals surface area contributed by atoms with Crippen LogP contribution in [-0.4, -0.2) is 9.55 Å². The highest BCUT2D eigenvalue weighted by atomic mass is 19.4. The van der Waals surface area contributed by atoms with Crippen molar-refractivity contribution < 1.29 is 13.2 Å². The number of alkyl halides is 3. The molecular weight excluding hydrogens is 253 g/mol. The zero-order valence-corrected chi connectivity index (χ0v) is 11.5. The molecule has 19 heavy (non-hydrogen) atoms. The second kappa shape index (κ2) is 4.54. The average molecular weight is 270 g/mol. The first-order valence-corrected chi connectivity index (χ1v) is 6.25. The summed E-state index contributed by atoms with van der Waals surface area (Å²) in [5, 5.41) is 0. The van der Waals surface area contributed by atoms with Crippen molar-refractivity contribution >= 4 is 11.0 Å². The summed E-state index contributed by atoms with van der Waals surface area (Å²) in [5.74, 6) is -0.679. The van der Waals surface area contributed by atoms with Crippen LogP contribution in [0, 0.1) is 19.8 Å². The number of nitrogens with zero attached hydrogens (tertiary/aromatic N) is 2. The lowest BCUT2D eigenvalue weighted by Gasteiger charge is -2.13. The monoisotopic (exact) mass is 270 g/mol. The van der Waals surface area contributed by atoms with Crippen molar-refractivity contribution in [3.63, 3.8) is 0 Å². The molecule has 1 aromatic heterocycles. The van der Waals surface area contributed by atoms with E-state index in [0.717, 1.165) is 11.1 Å². The van der Waals surface area contributed by atoms with Crippen LogP contribution in [0.15, 0.2) is 12.1 Å². The van der Waals surface area contributed by atoms with Gasteiger partial charge >= 0.3 is 6.18 Å². The van der Waals surface area contributed by atoms with Crippen LogP contribution in [0.3, 0.4) is 0 Å². The van der Waals surface area contributed by atoms with Crippen molar-refractivity contribution in [1.29, 1.82) is 0 Å². The van der Waals surface area contributed by atoms with E-state index in [-0.39, 0.29) is 5.92 Å². The first kappa shape index (κ1) is 13.9. The lowest BCUT2D eigenvalue weighted by atomic mass is 10.1. The van der Waals surface area contributed by atoms with Gasteiger partial charge in [-0.3, -0.25) is 0 Å². The molecule has 0 fully saturated rings. The van der Waals surface area contributed by atoms with Gasteiger partial charge in [-0.1, -0.05) is 13.8 Å². The Kier molecular flexibility index (Phi) is 3.32. The maximum absolute atomic E-state index is 13.1. The van der Waals surface area contributed by atoms with Crippen LogP contribution in [0.25, 0.3) is 11.0 Å². The predicted molar refractivity (Wildman–Crippen MR) is 69.0 cm³/mol. The number of benzene rings is 1. The molecule has 104 valence electrons. The molecule has 1 aromatic carbocycles. The second-order valence-electron chi connectivity index (χ2n) is 5.36. The molecule has 0 atom stereocenters. The molecule has 2 nitrogen and oxygen atoms in total. The molecular formula is C14H17F3N2. The number of imidazole rings is 1. The lowest BCUT2D eigenvalue weighted by molar-refractivity contribution is -0.147. The van der Waals surface area contributed by atoms with Crippen LogP contribution in [0.1, 0.15) is 30.8 Å². The normalized spacial score (nSPS) is 12.6. The number of rotatable bonds is 2. The van der Waals surface area contributed by atoms with Gasteiger partial charge in [-0.2, -0.15) is 13.2 Å². The van der Waals surface area contributed by atoms with E-state index in [9.17, 15) is 13.2 Å². The van der Waals surface area contributed by atoms with E-state index in [4.69, 9.17) is 0 Å². The summed E-state index contributed by atoms with van der Waals surface area (Å²) in [4.78, 5) is 3.78. The third-order valence-corrected chi connectivity index (χ3v) is 3.16. The van der Waals surface area contributed by atoms with Crippen LogP contribution in [0.5, 0.6) is 0 Å². The lowest BCUT2D eigenvalue weighted by Crippen LogP contribution is -2.17. The fourth-order valence-corrected chi connectivity index (χ4v) is 2.15. The third kappa shape index (κ3) is 2.60. The van der Waals surface area contributed by atoms with Crippen molar-refractivity contribution in [2.24, 2.45) is 5.92 Å². The van der Waals surface area contributed by atoms with Crippen molar-refractivity contribution in [2.45, 2.75) is 40.4 Å². The van der Waals surface area contributed by atoms with Crippen LogP contribution in [-0.2, 0) is 12.7 Å². The zero-order valence-electron chi connectivity index (χ0n) is 11.5. The van der Waals surface area contributed by atoms with Crippen molar-refractivity contribution in [1.82, 2.24) is 9.55 Å². The van der Waals surface area contributed by atoms with E-state index in [1.54, 1.807) is 12.1 Å². The van der Waals surface area contributed by atoms with Gasteiger partial charge in [-0.05, 0) is 43.0 Å². The number of aromatic nitrogens is 2. The first-order chi connectivity index (χ1) is 8.70. The first-order valence-electron chi connectivity index (χ1n) is 6.25. The van der Waals surface area contributed by atoms with Gasteiger partial charge in [0.25, 0.3) is 0 Å².